The maximum absolute atomic E-state index is 8.89. The van der Waals surface area contributed by atoms with Gasteiger partial charge in [-0.3, -0.25) is 0 Å². The highest BCUT2D eigenvalue weighted by molar-refractivity contribution is 9.13. The molecule has 0 saturated carbocycles. The molecule has 0 aliphatic rings. The van der Waals surface area contributed by atoms with Gasteiger partial charge < -0.3 is 5.32 Å². The van der Waals surface area contributed by atoms with Crippen molar-refractivity contribution in [3.05, 3.63) is 48.5 Å². The third-order valence-corrected chi connectivity index (χ3v) is 5.77. The Morgan fingerprint density at radius 3 is 2.72 bits per heavy atom. The lowest BCUT2D eigenvalue weighted by Crippen LogP contribution is -1.99. The summed E-state index contributed by atoms with van der Waals surface area (Å²) in [6.07, 6.45) is 0. The summed E-state index contributed by atoms with van der Waals surface area (Å²) in [5.74, 6) is 0. The van der Waals surface area contributed by atoms with E-state index in [-0.39, 0.29) is 0 Å². The predicted octanol–water partition coefficient (Wildman–Crippen LogP) is 5.07. The molecule has 2 aromatic rings. The zero-order valence-corrected chi connectivity index (χ0v) is 13.6. The summed E-state index contributed by atoms with van der Waals surface area (Å²) in [6.45, 7) is 2.79. The number of nitrogens with zero attached hydrogens (tertiary/aromatic N) is 1. The standard InChI is InChI=1S/C13H10Br2N2S/c1-8-2-3-9(6-16)4-12(8)17-7-10-5-11(14)13(15)18-10/h2-5,17H,7H2,1H3. The fraction of sp³-hybridized carbons (Fsp3) is 0.154. The van der Waals surface area contributed by atoms with Gasteiger partial charge in [0.15, 0.2) is 0 Å². The van der Waals surface area contributed by atoms with Gasteiger partial charge in [0.05, 0.1) is 15.4 Å². The Kier molecular flexibility index (Phi) is 4.44. The zero-order valence-electron chi connectivity index (χ0n) is 9.63. The Balaban J connectivity index is 2.13. The summed E-state index contributed by atoms with van der Waals surface area (Å²) in [5, 5.41) is 12.3. The first-order valence-electron chi connectivity index (χ1n) is 5.28. The fourth-order valence-corrected chi connectivity index (χ4v) is 3.66. The summed E-state index contributed by atoms with van der Waals surface area (Å²) in [7, 11) is 0. The van der Waals surface area contributed by atoms with Gasteiger partial charge >= 0.3 is 0 Å². The quantitative estimate of drug-likeness (QED) is 0.800. The molecular weight excluding hydrogens is 376 g/mol. The van der Waals surface area contributed by atoms with Crippen molar-refractivity contribution in [3.63, 3.8) is 0 Å². The molecule has 2 rings (SSSR count). The van der Waals surface area contributed by atoms with Crippen molar-refractivity contribution in [2.75, 3.05) is 5.32 Å². The molecule has 18 heavy (non-hydrogen) atoms. The first-order chi connectivity index (χ1) is 8.60. The van der Waals surface area contributed by atoms with Gasteiger partial charge in [0, 0.05) is 21.6 Å². The molecule has 0 aliphatic carbocycles. The number of rotatable bonds is 3. The second-order valence-corrected chi connectivity index (χ2v) is 7.14. The first-order valence-corrected chi connectivity index (χ1v) is 7.68. The lowest BCUT2D eigenvalue weighted by Gasteiger charge is -2.08. The van der Waals surface area contributed by atoms with Crippen LogP contribution in [0, 0.1) is 18.3 Å². The van der Waals surface area contributed by atoms with E-state index in [1.807, 2.05) is 25.1 Å². The van der Waals surface area contributed by atoms with Gasteiger partial charge in [-0.25, -0.2) is 0 Å². The monoisotopic (exact) mass is 384 g/mol. The number of anilines is 1. The molecule has 1 N–H and O–H groups in total. The van der Waals surface area contributed by atoms with E-state index in [0.29, 0.717) is 5.56 Å². The summed E-state index contributed by atoms with van der Waals surface area (Å²) in [5.41, 5.74) is 2.83. The Morgan fingerprint density at radius 1 is 1.33 bits per heavy atom. The molecule has 0 spiro atoms. The van der Waals surface area contributed by atoms with E-state index in [1.165, 1.54) is 4.88 Å². The molecule has 5 heteroatoms. The molecule has 1 aromatic heterocycles. The molecule has 0 bridgehead atoms. The zero-order chi connectivity index (χ0) is 13.1. The molecule has 2 nitrogen and oxygen atoms in total. The first kappa shape index (κ1) is 13.6. The average Bonchev–Trinajstić information content (AvgIpc) is 2.68. The largest absolute Gasteiger partial charge is 0.380 e. The van der Waals surface area contributed by atoms with E-state index in [4.69, 9.17) is 5.26 Å². The normalized spacial score (nSPS) is 10.1. The van der Waals surface area contributed by atoms with Gasteiger partial charge in [0.2, 0.25) is 0 Å². The van der Waals surface area contributed by atoms with E-state index in [0.717, 1.165) is 26.1 Å². The molecule has 1 aromatic carbocycles. The van der Waals surface area contributed by atoms with Gasteiger partial charge in [-0.2, -0.15) is 5.26 Å². The van der Waals surface area contributed by atoms with Crippen LogP contribution in [-0.4, -0.2) is 0 Å². The summed E-state index contributed by atoms with van der Waals surface area (Å²) < 4.78 is 2.17. The molecule has 92 valence electrons. The van der Waals surface area contributed by atoms with Crippen LogP contribution in [0.5, 0.6) is 0 Å². The summed E-state index contributed by atoms with van der Waals surface area (Å²) >= 11 is 8.64. The minimum atomic E-state index is 0.677. The Hall–Kier alpha value is -0.830. The minimum absolute atomic E-state index is 0.677. The number of thiophene rings is 1. The van der Waals surface area contributed by atoms with Crippen LogP contribution >= 0.6 is 43.2 Å². The van der Waals surface area contributed by atoms with Crippen molar-refractivity contribution in [2.45, 2.75) is 13.5 Å². The highest BCUT2D eigenvalue weighted by atomic mass is 79.9. The molecule has 0 atom stereocenters. The van der Waals surface area contributed by atoms with Crippen molar-refractivity contribution in [1.82, 2.24) is 0 Å². The molecule has 0 unspecified atom stereocenters. The lowest BCUT2D eigenvalue weighted by atomic mass is 10.1. The average molecular weight is 386 g/mol. The second-order valence-electron chi connectivity index (χ2n) is 3.83. The number of hydrogen-bond acceptors (Lipinski definition) is 3. The van der Waals surface area contributed by atoms with Crippen molar-refractivity contribution in [2.24, 2.45) is 0 Å². The molecule has 1 heterocycles. The summed E-state index contributed by atoms with van der Waals surface area (Å²) in [6, 6.07) is 9.92. The summed E-state index contributed by atoms with van der Waals surface area (Å²) in [4.78, 5) is 1.23. The Labute approximate surface area is 127 Å². The predicted molar refractivity (Wildman–Crippen MR) is 82.9 cm³/mol. The number of benzene rings is 1. The SMILES string of the molecule is Cc1ccc(C#N)cc1NCc1cc(Br)c(Br)s1. The minimum Gasteiger partial charge on any atom is -0.380 e. The second kappa shape index (κ2) is 5.87. The number of nitriles is 1. The maximum atomic E-state index is 8.89. The highest BCUT2D eigenvalue weighted by Crippen LogP contribution is 2.32. The molecular formula is C13H10Br2N2S. The van der Waals surface area contributed by atoms with Gasteiger partial charge in [-0.15, -0.1) is 11.3 Å². The molecule has 0 aliphatic heterocycles. The van der Waals surface area contributed by atoms with Crippen molar-refractivity contribution in [3.8, 4) is 6.07 Å². The van der Waals surface area contributed by atoms with Gasteiger partial charge in [-0.05, 0) is 62.5 Å². The van der Waals surface area contributed by atoms with E-state index in [9.17, 15) is 0 Å². The molecule has 0 fully saturated rings. The van der Waals surface area contributed by atoms with Crippen LogP contribution in [-0.2, 0) is 6.54 Å². The third kappa shape index (κ3) is 3.14. The number of halogens is 2. The number of nitrogens with one attached hydrogen (secondary N) is 1. The highest BCUT2D eigenvalue weighted by Gasteiger charge is 2.05. The topological polar surface area (TPSA) is 35.8 Å². The molecule has 0 saturated heterocycles. The van der Waals surface area contributed by atoms with E-state index >= 15 is 0 Å². The van der Waals surface area contributed by atoms with Gasteiger partial charge in [0.1, 0.15) is 0 Å². The van der Waals surface area contributed by atoms with Crippen LogP contribution in [0.1, 0.15) is 16.0 Å². The third-order valence-electron chi connectivity index (χ3n) is 2.52. The van der Waals surface area contributed by atoms with Gasteiger partial charge in [0.25, 0.3) is 0 Å². The number of aryl methyl sites for hydroxylation is 1. The van der Waals surface area contributed by atoms with Crippen LogP contribution < -0.4 is 5.32 Å². The Morgan fingerprint density at radius 2 is 2.11 bits per heavy atom. The van der Waals surface area contributed by atoms with Crippen molar-refractivity contribution in [1.29, 1.82) is 5.26 Å². The lowest BCUT2D eigenvalue weighted by molar-refractivity contribution is 1.18. The van der Waals surface area contributed by atoms with Crippen LogP contribution in [0.15, 0.2) is 32.5 Å². The molecule has 0 amide bonds. The van der Waals surface area contributed by atoms with Crippen LogP contribution in [0.25, 0.3) is 0 Å². The van der Waals surface area contributed by atoms with E-state index < -0.39 is 0 Å². The number of hydrogen-bond donors (Lipinski definition) is 1. The smallest absolute Gasteiger partial charge is 0.0992 e. The van der Waals surface area contributed by atoms with Gasteiger partial charge in [-0.1, -0.05) is 6.07 Å². The van der Waals surface area contributed by atoms with Crippen LogP contribution in [0.3, 0.4) is 0 Å². The van der Waals surface area contributed by atoms with Crippen molar-refractivity contribution < 1.29 is 0 Å². The van der Waals surface area contributed by atoms with E-state index in [1.54, 1.807) is 11.3 Å². The van der Waals surface area contributed by atoms with Crippen LogP contribution in [0.2, 0.25) is 0 Å². The van der Waals surface area contributed by atoms with E-state index in [2.05, 4.69) is 49.3 Å². The maximum Gasteiger partial charge on any atom is 0.0992 e. The fourth-order valence-electron chi connectivity index (χ4n) is 1.54. The Bertz CT molecular complexity index is 594. The van der Waals surface area contributed by atoms with Crippen LogP contribution in [0.4, 0.5) is 5.69 Å². The molecule has 0 radical (unpaired) electrons. The van der Waals surface area contributed by atoms with Crippen molar-refractivity contribution >= 4 is 48.9 Å².